The van der Waals surface area contributed by atoms with Gasteiger partial charge in [0, 0.05) is 19.6 Å². The lowest BCUT2D eigenvalue weighted by atomic mass is 9.92. The molecule has 0 radical (unpaired) electrons. The van der Waals surface area contributed by atoms with Crippen molar-refractivity contribution in [3.8, 4) is 0 Å². The van der Waals surface area contributed by atoms with Gasteiger partial charge in [0.15, 0.2) is 6.61 Å². The molecule has 1 aromatic heterocycles. The van der Waals surface area contributed by atoms with Crippen LogP contribution in [0.4, 0.5) is 0 Å². The zero-order valence-corrected chi connectivity index (χ0v) is 19.7. The average Bonchev–Trinajstić information content (AvgIpc) is 3.27. The fourth-order valence-corrected chi connectivity index (χ4v) is 6.21. The molecule has 10 heteroatoms. The van der Waals surface area contributed by atoms with Crippen LogP contribution in [-0.2, 0) is 19.6 Å². The molecular weight excluding hydrogens is 452 g/mol. The minimum Gasteiger partial charge on any atom is -0.451 e. The summed E-state index contributed by atoms with van der Waals surface area (Å²) in [5.41, 5.74) is 0.569. The number of esters is 1. The number of nitrogens with zero attached hydrogens (tertiary/aromatic N) is 1. The summed E-state index contributed by atoms with van der Waals surface area (Å²) < 4.78 is 32.9. The maximum absolute atomic E-state index is 12.7. The topological polar surface area (TPSA) is 113 Å². The van der Waals surface area contributed by atoms with Crippen LogP contribution >= 0.6 is 11.3 Å². The summed E-state index contributed by atoms with van der Waals surface area (Å²) in [4.78, 5) is 26.3. The van der Waals surface area contributed by atoms with E-state index in [2.05, 4.69) is 18.6 Å². The summed E-state index contributed by atoms with van der Waals surface area (Å²) >= 11 is 0.922. The minimum atomic E-state index is -4.07. The van der Waals surface area contributed by atoms with Crippen molar-refractivity contribution in [1.29, 1.82) is 0 Å². The first-order valence-electron chi connectivity index (χ1n) is 10.4. The number of likely N-dealkylation sites (tertiary alicyclic amines) is 1. The summed E-state index contributed by atoms with van der Waals surface area (Å²) in [6, 6.07) is 9.95. The van der Waals surface area contributed by atoms with E-state index in [0.29, 0.717) is 30.5 Å². The third kappa shape index (κ3) is 6.16. The van der Waals surface area contributed by atoms with Crippen LogP contribution in [0.3, 0.4) is 0 Å². The third-order valence-electron chi connectivity index (χ3n) is 5.30. The molecule has 2 aromatic rings. The van der Waals surface area contributed by atoms with Crippen LogP contribution in [-0.4, -0.2) is 56.5 Å². The molecule has 1 fully saturated rings. The SMILES string of the molecule is CC1CC(C)CN(C(=O)COC(=O)c2sccc2S(=O)(=O)NCC(O)c2ccccc2)C1. The molecule has 32 heavy (non-hydrogen) atoms. The summed E-state index contributed by atoms with van der Waals surface area (Å²) in [7, 11) is -4.07. The van der Waals surface area contributed by atoms with Crippen molar-refractivity contribution in [2.75, 3.05) is 26.2 Å². The number of thiophene rings is 1. The number of ether oxygens (including phenoxy) is 1. The summed E-state index contributed by atoms with van der Waals surface area (Å²) in [6.45, 7) is 4.70. The Kier molecular flexibility index (Phi) is 8.05. The molecule has 8 nitrogen and oxygen atoms in total. The lowest BCUT2D eigenvalue weighted by molar-refractivity contribution is -0.137. The van der Waals surface area contributed by atoms with Crippen molar-refractivity contribution in [2.24, 2.45) is 11.8 Å². The van der Waals surface area contributed by atoms with Crippen LogP contribution in [0.15, 0.2) is 46.7 Å². The average molecular weight is 481 g/mol. The monoisotopic (exact) mass is 480 g/mol. The van der Waals surface area contributed by atoms with E-state index in [9.17, 15) is 23.1 Å². The molecule has 0 bridgehead atoms. The standard InChI is InChI=1S/C22H28N2O6S2/c1-15-10-16(2)13-24(12-15)20(26)14-30-22(27)21-19(8-9-31-21)32(28,29)23-11-18(25)17-6-4-3-5-7-17/h3-9,15-16,18,23,25H,10-14H2,1-2H3. The van der Waals surface area contributed by atoms with E-state index in [-0.39, 0.29) is 22.2 Å². The third-order valence-corrected chi connectivity index (χ3v) is 7.79. The predicted molar refractivity (Wildman–Crippen MR) is 121 cm³/mol. The fraction of sp³-hybridized carbons (Fsp3) is 0.455. The number of nitrogens with one attached hydrogen (secondary N) is 1. The molecule has 3 atom stereocenters. The number of aliphatic hydroxyl groups excluding tert-OH is 1. The van der Waals surface area contributed by atoms with Gasteiger partial charge in [-0.15, -0.1) is 11.3 Å². The van der Waals surface area contributed by atoms with Gasteiger partial charge in [-0.3, -0.25) is 4.79 Å². The van der Waals surface area contributed by atoms with Crippen LogP contribution in [0.5, 0.6) is 0 Å². The summed E-state index contributed by atoms with van der Waals surface area (Å²) in [5, 5.41) is 11.7. The molecule has 0 saturated carbocycles. The van der Waals surface area contributed by atoms with Crippen LogP contribution in [0.2, 0.25) is 0 Å². The molecule has 1 aliphatic rings. The Balaban J connectivity index is 1.60. The highest BCUT2D eigenvalue weighted by molar-refractivity contribution is 7.89. The van der Waals surface area contributed by atoms with E-state index in [4.69, 9.17) is 4.74 Å². The molecule has 1 saturated heterocycles. The van der Waals surface area contributed by atoms with Crippen molar-refractivity contribution < 1.29 is 27.9 Å². The summed E-state index contributed by atoms with van der Waals surface area (Å²) in [5.74, 6) is -0.397. The number of sulfonamides is 1. The van der Waals surface area contributed by atoms with Gasteiger partial charge in [0.2, 0.25) is 10.0 Å². The van der Waals surface area contributed by atoms with Crippen LogP contribution in [0.25, 0.3) is 0 Å². The molecule has 1 aliphatic heterocycles. The molecule has 3 rings (SSSR count). The van der Waals surface area contributed by atoms with Gasteiger partial charge in [-0.1, -0.05) is 44.2 Å². The number of rotatable bonds is 8. The molecule has 2 N–H and O–H groups in total. The number of benzene rings is 1. The number of piperidine rings is 1. The van der Waals surface area contributed by atoms with E-state index in [1.165, 1.54) is 11.4 Å². The molecule has 1 aromatic carbocycles. The van der Waals surface area contributed by atoms with E-state index in [0.717, 1.165) is 17.8 Å². The van der Waals surface area contributed by atoms with Crippen LogP contribution in [0.1, 0.15) is 41.6 Å². The molecular formula is C22H28N2O6S2. The lowest BCUT2D eigenvalue weighted by Crippen LogP contribution is -2.44. The first-order valence-corrected chi connectivity index (χ1v) is 12.8. The molecule has 0 aliphatic carbocycles. The van der Waals surface area contributed by atoms with Gasteiger partial charge in [-0.2, -0.15) is 0 Å². The van der Waals surface area contributed by atoms with Crippen molar-refractivity contribution in [3.63, 3.8) is 0 Å². The van der Waals surface area contributed by atoms with Gasteiger partial charge < -0.3 is 14.7 Å². The molecule has 2 heterocycles. The van der Waals surface area contributed by atoms with E-state index in [1.807, 2.05) is 0 Å². The van der Waals surface area contributed by atoms with Gasteiger partial charge in [-0.05, 0) is 35.3 Å². The quantitative estimate of drug-likeness (QED) is 0.561. The lowest BCUT2D eigenvalue weighted by Gasteiger charge is -2.34. The highest BCUT2D eigenvalue weighted by Crippen LogP contribution is 2.24. The molecule has 3 unspecified atom stereocenters. The number of carbonyl (C=O) groups is 2. The first-order chi connectivity index (χ1) is 15.2. The highest BCUT2D eigenvalue weighted by Gasteiger charge is 2.28. The smallest absolute Gasteiger partial charge is 0.350 e. The van der Waals surface area contributed by atoms with Crippen molar-refractivity contribution in [1.82, 2.24) is 9.62 Å². The molecule has 174 valence electrons. The second kappa shape index (κ2) is 10.6. The van der Waals surface area contributed by atoms with Crippen molar-refractivity contribution >= 4 is 33.2 Å². The Bertz CT molecular complexity index is 1030. The second-order valence-corrected chi connectivity index (χ2v) is 10.9. The zero-order valence-electron chi connectivity index (χ0n) is 18.1. The van der Waals surface area contributed by atoms with Gasteiger partial charge in [-0.25, -0.2) is 17.9 Å². The summed E-state index contributed by atoms with van der Waals surface area (Å²) in [6.07, 6.45) is 0.0123. The fourth-order valence-electron chi connectivity index (χ4n) is 3.87. The van der Waals surface area contributed by atoms with E-state index in [1.54, 1.807) is 35.2 Å². The zero-order chi connectivity index (χ0) is 23.3. The van der Waals surface area contributed by atoms with Crippen LogP contribution in [0, 0.1) is 11.8 Å². The minimum absolute atomic E-state index is 0.111. The van der Waals surface area contributed by atoms with Gasteiger partial charge >= 0.3 is 5.97 Å². The normalized spacial score (nSPS) is 20.0. The van der Waals surface area contributed by atoms with Gasteiger partial charge in [0.25, 0.3) is 5.91 Å². The highest BCUT2D eigenvalue weighted by atomic mass is 32.2. The van der Waals surface area contributed by atoms with Crippen LogP contribution < -0.4 is 4.72 Å². The predicted octanol–water partition coefficient (Wildman–Crippen LogP) is 2.42. The number of aliphatic hydroxyl groups is 1. The Labute approximate surface area is 192 Å². The Morgan fingerprint density at radius 1 is 1.19 bits per heavy atom. The number of amides is 1. The number of hydrogen-bond donors (Lipinski definition) is 2. The maximum atomic E-state index is 12.7. The second-order valence-electron chi connectivity index (χ2n) is 8.21. The van der Waals surface area contributed by atoms with Crippen molar-refractivity contribution in [3.05, 3.63) is 52.2 Å². The molecule has 1 amide bonds. The Morgan fingerprint density at radius 2 is 1.84 bits per heavy atom. The van der Waals surface area contributed by atoms with E-state index < -0.39 is 28.7 Å². The van der Waals surface area contributed by atoms with Gasteiger partial charge in [0.05, 0.1) is 6.10 Å². The number of hydrogen-bond acceptors (Lipinski definition) is 7. The van der Waals surface area contributed by atoms with Gasteiger partial charge in [0.1, 0.15) is 9.77 Å². The first kappa shape index (κ1) is 24.4. The Hall–Kier alpha value is -2.27. The maximum Gasteiger partial charge on any atom is 0.350 e. The largest absolute Gasteiger partial charge is 0.451 e. The molecule has 0 spiro atoms. The van der Waals surface area contributed by atoms with E-state index >= 15 is 0 Å². The Morgan fingerprint density at radius 3 is 2.50 bits per heavy atom. The number of carbonyl (C=O) groups excluding carboxylic acids is 2. The van der Waals surface area contributed by atoms with Crippen molar-refractivity contribution in [2.45, 2.75) is 31.3 Å².